The van der Waals surface area contributed by atoms with Crippen molar-refractivity contribution in [3.05, 3.63) is 35.4 Å². The van der Waals surface area contributed by atoms with E-state index >= 15 is 0 Å². The molecule has 2 N–H and O–H groups in total. The Balaban J connectivity index is 2.01. The van der Waals surface area contributed by atoms with Crippen LogP contribution in [0.1, 0.15) is 17.2 Å². The van der Waals surface area contributed by atoms with Crippen molar-refractivity contribution in [2.24, 2.45) is 0 Å². The minimum atomic E-state index is -0.0499. The highest BCUT2D eigenvalue weighted by Crippen LogP contribution is 2.18. The summed E-state index contributed by atoms with van der Waals surface area (Å²) >= 11 is 0. The molecule has 2 unspecified atom stereocenters. The molecule has 3 nitrogen and oxygen atoms in total. The lowest BCUT2D eigenvalue weighted by atomic mass is 10.0. The molecule has 0 spiro atoms. The van der Waals surface area contributed by atoms with Gasteiger partial charge >= 0.3 is 0 Å². The first-order chi connectivity index (χ1) is 7.29. The van der Waals surface area contributed by atoms with Crippen LogP contribution < -0.4 is 5.32 Å². The fourth-order valence-corrected chi connectivity index (χ4v) is 1.84. The van der Waals surface area contributed by atoms with Crippen molar-refractivity contribution in [2.75, 3.05) is 19.8 Å². The predicted octanol–water partition coefficient (Wildman–Crippen LogP) is 1.02. The molecular weight excluding hydrogens is 190 g/mol. The van der Waals surface area contributed by atoms with Crippen molar-refractivity contribution in [2.45, 2.75) is 19.1 Å². The van der Waals surface area contributed by atoms with Gasteiger partial charge in [0, 0.05) is 6.54 Å². The molecule has 0 aromatic heterocycles. The number of nitrogens with one attached hydrogen (secondary N) is 1. The van der Waals surface area contributed by atoms with Gasteiger partial charge in [-0.1, -0.05) is 29.8 Å². The van der Waals surface area contributed by atoms with E-state index in [1.807, 2.05) is 0 Å². The van der Waals surface area contributed by atoms with E-state index in [-0.39, 0.29) is 18.8 Å². The molecule has 82 valence electrons. The van der Waals surface area contributed by atoms with Crippen molar-refractivity contribution >= 4 is 0 Å². The largest absolute Gasteiger partial charge is 0.394 e. The van der Waals surface area contributed by atoms with E-state index in [0.717, 1.165) is 6.54 Å². The van der Waals surface area contributed by atoms with E-state index in [9.17, 15) is 0 Å². The van der Waals surface area contributed by atoms with Crippen LogP contribution in [-0.2, 0) is 4.74 Å². The Morgan fingerprint density at radius 2 is 2.40 bits per heavy atom. The summed E-state index contributed by atoms with van der Waals surface area (Å²) in [7, 11) is 0. The average Bonchev–Trinajstić information content (AvgIpc) is 2.29. The SMILES string of the molecule is Cc1cccc(C2COC(CO)CN2)c1. The minimum absolute atomic E-state index is 0.0499. The maximum Gasteiger partial charge on any atom is 0.0930 e. The molecular formula is C12H17NO2. The van der Waals surface area contributed by atoms with Crippen LogP contribution in [-0.4, -0.2) is 31.0 Å². The molecule has 3 heteroatoms. The van der Waals surface area contributed by atoms with Gasteiger partial charge in [-0.05, 0) is 12.5 Å². The first-order valence-corrected chi connectivity index (χ1v) is 5.32. The summed E-state index contributed by atoms with van der Waals surface area (Å²) in [5.41, 5.74) is 2.52. The average molecular weight is 207 g/mol. The van der Waals surface area contributed by atoms with Crippen LogP contribution in [0.5, 0.6) is 0 Å². The summed E-state index contributed by atoms with van der Waals surface area (Å²) in [4.78, 5) is 0. The number of morpholine rings is 1. The quantitative estimate of drug-likeness (QED) is 0.760. The third kappa shape index (κ3) is 2.56. The van der Waals surface area contributed by atoms with Gasteiger partial charge in [0.1, 0.15) is 0 Å². The number of aliphatic hydroxyl groups excluding tert-OH is 1. The summed E-state index contributed by atoms with van der Waals surface area (Å²) in [5, 5.41) is 12.3. The summed E-state index contributed by atoms with van der Waals surface area (Å²) in [5.74, 6) is 0. The van der Waals surface area contributed by atoms with Gasteiger partial charge in [0.2, 0.25) is 0 Å². The molecule has 1 saturated heterocycles. The number of hydrogen-bond acceptors (Lipinski definition) is 3. The van der Waals surface area contributed by atoms with Crippen LogP contribution in [0.2, 0.25) is 0 Å². The van der Waals surface area contributed by atoms with Crippen LogP contribution in [0.25, 0.3) is 0 Å². The molecule has 1 fully saturated rings. The van der Waals surface area contributed by atoms with Gasteiger partial charge in [-0.25, -0.2) is 0 Å². The molecule has 1 aromatic rings. The van der Waals surface area contributed by atoms with Gasteiger partial charge in [0.05, 0.1) is 25.4 Å². The molecule has 1 aliphatic heterocycles. The zero-order valence-corrected chi connectivity index (χ0v) is 8.94. The molecule has 1 heterocycles. The fraction of sp³-hybridized carbons (Fsp3) is 0.500. The van der Waals surface area contributed by atoms with Crippen LogP contribution >= 0.6 is 0 Å². The van der Waals surface area contributed by atoms with E-state index in [0.29, 0.717) is 6.61 Å². The van der Waals surface area contributed by atoms with E-state index in [2.05, 4.69) is 36.5 Å². The summed E-state index contributed by atoms with van der Waals surface area (Å²) in [6.07, 6.45) is -0.0499. The van der Waals surface area contributed by atoms with Crippen LogP contribution in [0.15, 0.2) is 24.3 Å². The second kappa shape index (κ2) is 4.75. The molecule has 15 heavy (non-hydrogen) atoms. The minimum Gasteiger partial charge on any atom is -0.394 e. The highest BCUT2D eigenvalue weighted by Gasteiger charge is 2.21. The highest BCUT2D eigenvalue weighted by atomic mass is 16.5. The van der Waals surface area contributed by atoms with E-state index in [4.69, 9.17) is 9.84 Å². The van der Waals surface area contributed by atoms with Crippen molar-refractivity contribution in [3.63, 3.8) is 0 Å². The molecule has 1 aromatic carbocycles. The molecule has 0 radical (unpaired) electrons. The topological polar surface area (TPSA) is 41.5 Å². The molecule has 0 bridgehead atoms. The van der Waals surface area contributed by atoms with Crippen molar-refractivity contribution < 1.29 is 9.84 Å². The lowest BCUT2D eigenvalue weighted by Crippen LogP contribution is -2.42. The van der Waals surface area contributed by atoms with Gasteiger partial charge in [0.25, 0.3) is 0 Å². The van der Waals surface area contributed by atoms with Crippen LogP contribution in [0.4, 0.5) is 0 Å². The molecule has 2 rings (SSSR count). The van der Waals surface area contributed by atoms with Gasteiger partial charge in [-0.3, -0.25) is 0 Å². The number of benzene rings is 1. The molecule has 2 atom stereocenters. The third-order valence-corrected chi connectivity index (χ3v) is 2.74. The van der Waals surface area contributed by atoms with Gasteiger partial charge in [0.15, 0.2) is 0 Å². The Morgan fingerprint density at radius 3 is 3.00 bits per heavy atom. The summed E-state index contributed by atoms with van der Waals surface area (Å²) < 4.78 is 5.52. The number of hydrogen-bond donors (Lipinski definition) is 2. The Morgan fingerprint density at radius 1 is 1.53 bits per heavy atom. The lowest BCUT2D eigenvalue weighted by Gasteiger charge is -2.29. The van der Waals surface area contributed by atoms with Gasteiger partial charge < -0.3 is 15.2 Å². The molecule has 0 saturated carbocycles. The van der Waals surface area contributed by atoms with E-state index in [1.54, 1.807) is 0 Å². The highest BCUT2D eigenvalue weighted by molar-refractivity contribution is 5.25. The van der Waals surface area contributed by atoms with Gasteiger partial charge in [-0.2, -0.15) is 0 Å². The number of rotatable bonds is 2. The molecule has 0 amide bonds. The monoisotopic (exact) mass is 207 g/mol. The maximum atomic E-state index is 8.93. The van der Waals surface area contributed by atoms with Crippen LogP contribution in [0, 0.1) is 6.92 Å². The zero-order valence-electron chi connectivity index (χ0n) is 8.94. The predicted molar refractivity (Wildman–Crippen MR) is 58.7 cm³/mol. The fourth-order valence-electron chi connectivity index (χ4n) is 1.84. The lowest BCUT2D eigenvalue weighted by molar-refractivity contribution is -0.0259. The normalized spacial score (nSPS) is 26.5. The zero-order chi connectivity index (χ0) is 10.7. The Bertz CT molecular complexity index is 319. The summed E-state index contributed by atoms with van der Waals surface area (Å²) in [6, 6.07) is 8.68. The first-order valence-electron chi connectivity index (χ1n) is 5.32. The second-order valence-electron chi connectivity index (χ2n) is 4.01. The second-order valence-corrected chi connectivity index (χ2v) is 4.01. The Kier molecular flexibility index (Phi) is 3.36. The number of ether oxygens (including phenoxy) is 1. The third-order valence-electron chi connectivity index (χ3n) is 2.74. The number of aliphatic hydroxyl groups is 1. The number of aryl methyl sites for hydroxylation is 1. The van der Waals surface area contributed by atoms with Gasteiger partial charge in [-0.15, -0.1) is 0 Å². The van der Waals surface area contributed by atoms with Crippen molar-refractivity contribution in [1.29, 1.82) is 0 Å². The first kappa shape index (κ1) is 10.6. The smallest absolute Gasteiger partial charge is 0.0930 e. The molecule has 0 aliphatic carbocycles. The van der Waals surface area contributed by atoms with Crippen molar-refractivity contribution in [3.8, 4) is 0 Å². The van der Waals surface area contributed by atoms with Crippen LogP contribution in [0.3, 0.4) is 0 Å². The van der Waals surface area contributed by atoms with Crippen molar-refractivity contribution in [1.82, 2.24) is 5.32 Å². The summed E-state index contributed by atoms with van der Waals surface area (Å²) in [6.45, 7) is 3.53. The van der Waals surface area contributed by atoms with E-state index < -0.39 is 0 Å². The standard InChI is InChI=1S/C12H17NO2/c1-9-3-2-4-10(5-9)12-8-15-11(7-14)6-13-12/h2-5,11-14H,6-8H2,1H3. The Labute approximate surface area is 90.1 Å². The Hall–Kier alpha value is -0.900. The molecule has 1 aliphatic rings. The maximum absolute atomic E-state index is 8.93. The van der Waals surface area contributed by atoms with E-state index in [1.165, 1.54) is 11.1 Å².